The molecular formula is C13H20N4O. The van der Waals surface area contributed by atoms with Gasteiger partial charge in [0.05, 0.1) is 12.4 Å². The van der Waals surface area contributed by atoms with Gasteiger partial charge in [0.25, 0.3) is 5.91 Å². The number of nitrogens with zero attached hydrogens (tertiary/aromatic N) is 3. The number of rotatable bonds is 2. The lowest BCUT2D eigenvalue weighted by atomic mass is 9.85. The summed E-state index contributed by atoms with van der Waals surface area (Å²) < 4.78 is 0. The summed E-state index contributed by atoms with van der Waals surface area (Å²) in [6.45, 7) is 2.21. The van der Waals surface area contributed by atoms with Crippen LogP contribution in [-0.4, -0.2) is 33.9 Å². The molecule has 1 aliphatic carbocycles. The van der Waals surface area contributed by atoms with Gasteiger partial charge in [-0.05, 0) is 18.8 Å². The second-order valence-corrected chi connectivity index (χ2v) is 5.07. The van der Waals surface area contributed by atoms with Gasteiger partial charge in [-0.15, -0.1) is 0 Å². The third-order valence-corrected chi connectivity index (χ3v) is 3.76. The van der Waals surface area contributed by atoms with Crippen LogP contribution < -0.4 is 5.73 Å². The molecule has 5 nitrogen and oxygen atoms in total. The van der Waals surface area contributed by atoms with Crippen LogP contribution in [0, 0.1) is 5.92 Å². The first-order valence-corrected chi connectivity index (χ1v) is 6.44. The lowest BCUT2D eigenvalue weighted by Crippen LogP contribution is -2.43. The Bertz CT molecular complexity index is 435. The van der Waals surface area contributed by atoms with Crippen molar-refractivity contribution in [3.8, 4) is 0 Å². The third-order valence-electron chi connectivity index (χ3n) is 3.76. The molecule has 1 aromatic rings. The van der Waals surface area contributed by atoms with E-state index in [0.717, 1.165) is 6.42 Å². The molecule has 1 aliphatic rings. The van der Waals surface area contributed by atoms with Crippen LogP contribution in [0.2, 0.25) is 0 Å². The zero-order chi connectivity index (χ0) is 13.1. The Morgan fingerprint density at radius 3 is 2.78 bits per heavy atom. The van der Waals surface area contributed by atoms with Gasteiger partial charge in [-0.2, -0.15) is 0 Å². The number of hydrogen-bond acceptors (Lipinski definition) is 4. The monoisotopic (exact) mass is 248 g/mol. The van der Waals surface area contributed by atoms with E-state index in [1.54, 1.807) is 4.90 Å². The van der Waals surface area contributed by atoms with E-state index in [-0.39, 0.29) is 11.7 Å². The number of amides is 1. The van der Waals surface area contributed by atoms with Crippen LogP contribution in [0.15, 0.2) is 12.4 Å². The Morgan fingerprint density at radius 1 is 1.39 bits per heavy atom. The summed E-state index contributed by atoms with van der Waals surface area (Å²) in [6, 6.07) is 0.300. The molecule has 1 heterocycles. The van der Waals surface area contributed by atoms with Gasteiger partial charge in [-0.3, -0.25) is 9.78 Å². The van der Waals surface area contributed by atoms with Crippen LogP contribution in [0.5, 0.6) is 0 Å². The van der Waals surface area contributed by atoms with Gasteiger partial charge < -0.3 is 10.6 Å². The lowest BCUT2D eigenvalue weighted by Gasteiger charge is -2.36. The first-order valence-electron chi connectivity index (χ1n) is 6.44. The van der Waals surface area contributed by atoms with E-state index >= 15 is 0 Å². The van der Waals surface area contributed by atoms with Gasteiger partial charge in [0.2, 0.25) is 0 Å². The highest BCUT2D eigenvalue weighted by atomic mass is 16.2. The standard InChI is InChI=1S/C13H20N4O/c1-9-5-3-4-6-11(9)17(2)13(18)10-7-15-8-12(14)16-10/h7-9,11H,3-6H2,1-2H3,(H2,14,16). The van der Waals surface area contributed by atoms with Crippen LogP contribution in [0.4, 0.5) is 5.82 Å². The van der Waals surface area contributed by atoms with E-state index in [9.17, 15) is 4.79 Å². The Kier molecular flexibility index (Phi) is 3.79. The van der Waals surface area contributed by atoms with Crippen molar-refractivity contribution >= 4 is 11.7 Å². The largest absolute Gasteiger partial charge is 0.382 e. The topological polar surface area (TPSA) is 72.1 Å². The highest BCUT2D eigenvalue weighted by Crippen LogP contribution is 2.27. The van der Waals surface area contributed by atoms with Gasteiger partial charge in [0.1, 0.15) is 11.5 Å². The Balaban J connectivity index is 2.13. The second kappa shape index (κ2) is 5.33. The summed E-state index contributed by atoms with van der Waals surface area (Å²) >= 11 is 0. The summed E-state index contributed by atoms with van der Waals surface area (Å²) in [5.41, 5.74) is 5.89. The van der Waals surface area contributed by atoms with Crippen LogP contribution in [-0.2, 0) is 0 Å². The summed E-state index contributed by atoms with van der Waals surface area (Å²) in [5.74, 6) is 0.737. The minimum absolute atomic E-state index is 0.0893. The molecule has 98 valence electrons. The number of aromatic nitrogens is 2. The fraction of sp³-hybridized carbons (Fsp3) is 0.615. The Labute approximate surface area is 107 Å². The van der Waals surface area contributed by atoms with Gasteiger partial charge in [0.15, 0.2) is 0 Å². The van der Waals surface area contributed by atoms with Crippen molar-refractivity contribution < 1.29 is 4.79 Å². The molecule has 0 spiro atoms. The zero-order valence-corrected chi connectivity index (χ0v) is 11.0. The van der Waals surface area contributed by atoms with Crippen molar-refractivity contribution in [1.29, 1.82) is 0 Å². The summed E-state index contributed by atoms with van der Waals surface area (Å²) in [4.78, 5) is 22.1. The van der Waals surface area contributed by atoms with Crippen molar-refractivity contribution in [2.24, 2.45) is 5.92 Å². The van der Waals surface area contributed by atoms with E-state index in [0.29, 0.717) is 17.7 Å². The van der Waals surface area contributed by atoms with Crippen molar-refractivity contribution in [2.75, 3.05) is 12.8 Å². The summed E-state index contributed by atoms with van der Waals surface area (Å²) in [5, 5.41) is 0. The normalized spacial score (nSPS) is 23.7. The molecule has 0 saturated heterocycles. The predicted octanol–water partition coefficient (Wildman–Crippen LogP) is 1.71. The van der Waals surface area contributed by atoms with E-state index in [2.05, 4.69) is 16.9 Å². The Morgan fingerprint density at radius 2 is 2.11 bits per heavy atom. The maximum absolute atomic E-state index is 12.3. The number of hydrogen-bond donors (Lipinski definition) is 1. The number of carbonyl (C=O) groups excluding carboxylic acids is 1. The maximum atomic E-state index is 12.3. The van der Waals surface area contributed by atoms with Gasteiger partial charge in [-0.1, -0.05) is 19.8 Å². The van der Waals surface area contributed by atoms with E-state index < -0.39 is 0 Å². The third kappa shape index (κ3) is 2.60. The molecule has 2 atom stereocenters. The van der Waals surface area contributed by atoms with Gasteiger partial charge in [-0.25, -0.2) is 4.98 Å². The fourth-order valence-corrected chi connectivity index (χ4v) is 2.69. The van der Waals surface area contributed by atoms with Crippen LogP contribution >= 0.6 is 0 Å². The summed E-state index contributed by atoms with van der Waals surface area (Å²) in [7, 11) is 1.85. The van der Waals surface area contributed by atoms with Crippen molar-refractivity contribution in [3.05, 3.63) is 18.1 Å². The number of nitrogen functional groups attached to an aromatic ring is 1. The van der Waals surface area contributed by atoms with E-state index in [4.69, 9.17) is 5.73 Å². The molecule has 5 heteroatoms. The van der Waals surface area contributed by atoms with E-state index in [1.807, 2.05) is 7.05 Å². The van der Waals surface area contributed by atoms with Gasteiger partial charge in [0, 0.05) is 13.1 Å². The molecule has 0 bridgehead atoms. The quantitative estimate of drug-likeness (QED) is 0.864. The lowest BCUT2D eigenvalue weighted by molar-refractivity contribution is 0.0622. The first-order chi connectivity index (χ1) is 8.59. The Hall–Kier alpha value is -1.65. The number of carbonyl (C=O) groups is 1. The SMILES string of the molecule is CC1CCCCC1N(C)C(=O)c1cncc(N)n1. The molecule has 1 saturated carbocycles. The minimum atomic E-state index is -0.0893. The van der Waals surface area contributed by atoms with Crippen molar-refractivity contribution in [1.82, 2.24) is 14.9 Å². The highest BCUT2D eigenvalue weighted by molar-refractivity contribution is 5.92. The molecule has 18 heavy (non-hydrogen) atoms. The summed E-state index contributed by atoms with van der Waals surface area (Å²) in [6.07, 6.45) is 7.62. The minimum Gasteiger partial charge on any atom is -0.382 e. The van der Waals surface area contributed by atoms with Crippen LogP contribution in [0.1, 0.15) is 43.1 Å². The molecular weight excluding hydrogens is 228 g/mol. The number of nitrogens with two attached hydrogens (primary N) is 1. The van der Waals surface area contributed by atoms with Crippen molar-refractivity contribution in [3.63, 3.8) is 0 Å². The molecule has 1 aromatic heterocycles. The highest BCUT2D eigenvalue weighted by Gasteiger charge is 2.28. The molecule has 2 N–H and O–H groups in total. The van der Waals surface area contributed by atoms with Crippen molar-refractivity contribution in [2.45, 2.75) is 38.6 Å². The molecule has 2 rings (SSSR count). The molecule has 0 aromatic carbocycles. The second-order valence-electron chi connectivity index (χ2n) is 5.07. The fourth-order valence-electron chi connectivity index (χ4n) is 2.69. The molecule has 1 fully saturated rings. The molecule has 1 amide bonds. The predicted molar refractivity (Wildman–Crippen MR) is 70.0 cm³/mol. The van der Waals surface area contributed by atoms with Crippen LogP contribution in [0.25, 0.3) is 0 Å². The van der Waals surface area contributed by atoms with E-state index in [1.165, 1.54) is 31.7 Å². The zero-order valence-electron chi connectivity index (χ0n) is 11.0. The maximum Gasteiger partial charge on any atom is 0.274 e. The smallest absolute Gasteiger partial charge is 0.274 e. The van der Waals surface area contributed by atoms with Gasteiger partial charge >= 0.3 is 0 Å². The molecule has 0 radical (unpaired) electrons. The van der Waals surface area contributed by atoms with Crippen LogP contribution in [0.3, 0.4) is 0 Å². The number of anilines is 1. The average molecular weight is 248 g/mol. The molecule has 2 unspecified atom stereocenters. The first kappa shape index (κ1) is 12.8. The average Bonchev–Trinajstić information content (AvgIpc) is 2.37. The molecule has 0 aliphatic heterocycles.